The monoisotopic (exact) mass is 752 g/mol. The number of nitrogens with one attached hydrogen (secondary N) is 1. The minimum Gasteiger partial charge on any atom is -0.496 e. The van der Waals surface area contributed by atoms with Crippen LogP contribution in [0.2, 0.25) is 0 Å². The van der Waals surface area contributed by atoms with E-state index < -0.39 is 51.3 Å². The summed E-state index contributed by atoms with van der Waals surface area (Å²) in [7, 11) is 4.98. The Balaban J connectivity index is 1.36. The third-order valence-corrected chi connectivity index (χ3v) is 15.4. The van der Waals surface area contributed by atoms with Crippen LogP contribution in [-0.2, 0) is 31.6 Å². The molecule has 11 nitrogen and oxygen atoms in total. The molecule has 6 aliphatic rings. The van der Waals surface area contributed by atoms with Crippen molar-refractivity contribution in [2.75, 3.05) is 58.9 Å². The summed E-state index contributed by atoms with van der Waals surface area (Å²) in [5.74, 6) is -0.433. The van der Waals surface area contributed by atoms with Gasteiger partial charge in [0.05, 0.1) is 25.9 Å². The van der Waals surface area contributed by atoms with Crippen LogP contribution in [-0.4, -0.2) is 125 Å². The number of para-hydroxylation sites is 1. The summed E-state index contributed by atoms with van der Waals surface area (Å²) in [6.07, 6.45) is 6.17. The molecule has 5 aliphatic heterocycles. The molecule has 6 heterocycles. The van der Waals surface area contributed by atoms with Crippen LogP contribution in [0.1, 0.15) is 75.3 Å². The fraction of sp³-hybridized carbons (Fsp3) is 0.591. The van der Waals surface area contributed by atoms with Crippen LogP contribution >= 0.6 is 0 Å². The van der Waals surface area contributed by atoms with Gasteiger partial charge in [-0.05, 0) is 81.2 Å². The summed E-state index contributed by atoms with van der Waals surface area (Å²) in [6, 6.07) is 11.3. The Morgan fingerprint density at radius 2 is 1.80 bits per heavy atom. The molecule has 2 aromatic carbocycles. The van der Waals surface area contributed by atoms with Gasteiger partial charge < -0.3 is 34.7 Å². The molecule has 2 saturated heterocycles. The Labute approximate surface area is 323 Å². The molecule has 10 atom stereocenters. The molecule has 2 bridgehead atoms. The predicted octanol–water partition coefficient (Wildman–Crippen LogP) is 3.84. The number of hydrogen-bond acceptors (Lipinski definition) is 10. The van der Waals surface area contributed by atoms with Crippen LogP contribution in [0.5, 0.6) is 5.75 Å². The van der Waals surface area contributed by atoms with E-state index in [1.165, 1.54) is 14.0 Å². The lowest BCUT2D eigenvalue weighted by molar-refractivity contribution is -0.200. The molecule has 294 valence electrons. The van der Waals surface area contributed by atoms with E-state index in [1.807, 2.05) is 44.0 Å². The summed E-state index contributed by atoms with van der Waals surface area (Å²) in [6.45, 7) is 8.95. The third-order valence-electron chi connectivity index (χ3n) is 15.4. The van der Waals surface area contributed by atoms with Crippen molar-refractivity contribution in [2.45, 2.75) is 99.5 Å². The zero-order valence-electron chi connectivity index (χ0n) is 33.0. The molecule has 0 amide bonds. The minimum atomic E-state index is -2.08. The van der Waals surface area contributed by atoms with Gasteiger partial charge in [0.25, 0.3) is 0 Å². The maximum Gasteiger partial charge on any atom is 0.322 e. The fourth-order valence-corrected chi connectivity index (χ4v) is 13.2. The van der Waals surface area contributed by atoms with Gasteiger partial charge in [-0.25, -0.2) is 0 Å². The number of aromatic nitrogens is 1. The molecule has 3 aromatic rings. The standard InChI is InChI=1S/C44H56N4O7/c1-7-40(52)22-27-23-43(39(51)55-6,35-29(14-18-47(24-27)25-40)28-12-9-10-13-32(28)45-35)31-20-30-33(21-34(31)54-5)46(4)37-42(30)16-19-48-17-11-15-41(8-2,36(42)48)38(50)44(37,53)26(3)49/h9-13,15,20-21,27,36-38,45,50,52-53H,7-8,14,16-19,22-25H2,1-6H3/t27?,36-,37+,38+,40-,41+,42+,43-,44-/m0/s1. The minimum absolute atomic E-state index is 0.0625. The van der Waals surface area contributed by atoms with Crippen LogP contribution in [0.25, 0.3) is 10.9 Å². The lowest BCUT2D eigenvalue weighted by atomic mass is 9.47. The Kier molecular flexibility index (Phi) is 8.30. The van der Waals surface area contributed by atoms with Gasteiger partial charge in [-0.3, -0.25) is 19.4 Å². The maximum atomic E-state index is 15.2. The highest BCUT2D eigenvalue weighted by Gasteiger charge is 2.78. The quantitative estimate of drug-likeness (QED) is 0.217. The summed E-state index contributed by atoms with van der Waals surface area (Å²) in [5, 5.41) is 38.2. The number of ketones is 1. The summed E-state index contributed by atoms with van der Waals surface area (Å²) in [4.78, 5) is 39.7. The van der Waals surface area contributed by atoms with E-state index in [4.69, 9.17) is 9.47 Å². The number of aliphatic hydroxyl groups excluding tert-OH is 1. The molecule has 11 heteroatoms. The van der Waals surface area contributed by atoms with Crippen molar-refractivity contribution in [3.05, 3.63) is 70.9 Å². The second kappa shape index (κ2) is 12.4. The van der Waals surface area contributed by atoms with Gasteiger partial charge in [-0.1, -0.05) is 44.2 Å². The topological polar surface area (TPSA) is 139 Å². The van der Waals surface area contributed by atoms with E-state index in [0.29, 0.717) is 62.9 Å². The van der Waals surface area contributed by atoms with Crippen molar-refractivity contribution >= 4 is 28.3 Å². The number of carbonyl (C=O) groups excluding carboxylic acids is 2. The number of Topliss-reactive ketones (excluding diaryl/α,β-unsaturated/α-hetero) is 1. The highest BCUT2D eigenvalue weighted by Crippen LogP contribution is 2.67. The van der Waals surface area contributed by atoms with Crippen LogP contribution in [0, 0.1) is 11.3 Å². The number of anilines is 1. The number of fused-ring (bicyclic) bond motifs is 6. The number of piperidine rings is 1. The SMILES string of the molecule is CC[C@]1(O)CC2CN(CCc3c([nH]c4ccccc34)[C@@](C(=O)OC)(c3cc4c(cc3OC)N(C)[C@H]3[C@@](O)(C(C)=O)[C@H](O)[C@]5(CC)C=CCN6CC[C@]43[C@@H]65)C2)C1. The summed E-state index contributed by atoms with van der Waals surface area (Å²) >= 11 is 0. The van der Waals surface area contributed by atoms with Gasteiger partial charge in [0.2, 0.25) is 0 Å². The number of rotatable bonds is 6. The van der Waals surface area contributed by atoms with E-state index in [9.17, 15) is 20.1 Å². The number of carbonyl (C=O) groups is 2. The molecule has 1 spiro atoms. The number of H-pyrrole nitrogens is 1. The number of nitrogens with zero attached hydrogens (tertiary/aromatic N) is 3. The molecule has 1 aliphatic carbocycles. The van der Waals surface area contributed by atoms with Gasteiger partial charge in [0, 0.05) is 84.0 Å². The highest BCUT2D eigenvalue weighted by molar-refractivity contribution is 5.95. The summed E-state index contributed by atoms with van der Waals surface area (Å²) in [5.41, 5.74) is -0.843. The average Bonchev–Trinajstić information content (AvgIpc) is 3.84. The molecular weight excluding hydrogens is 697 g/mol. The number of hydrogen-bond donors (Lipinski definition) is 4. The van der Waals surface area contributed by atoms with E-state index in [1.54, 1.807) is 7.11 Å². The largest absolute Gasteiger partial charge is 0.496 e. The number of benzene rings is 2. The van der Waals surface area contributed by atoms with Crippen molar-refractivity contribution in [1.82, 2.24) is 14.8 Å². The molecule has 4 N–H and O–H groups in total. The predicted molar refractivity (Wildman–Crippen MR) is 210 cm³/mol. The lowest BCUT2D eigenvalue weighted by Gasteiger charge is -2.63. The zero-order chi connectivity index (χ0) is 38.9. The van der Waals surface area contributed by atoms with Crippen molar-refractivity contribution < 1.29 is 34.4 Å². The summed E-state index contributed by atoms with van der Waals surface area (Å²) < 4.78 is 12.3. The number of likely N-dealkylation sites (N-methyl/N-ethyl adjacent to an activating group) is 1. The van der Waals surface area contributed by atoms with Crippen LogP contribution < -0.4 is 9.64 Å². The van der Waals surface area contributed by atoms with E-state index in [0.717, 1.165) is 53.0 Å². The van der Waals surface area contributed by atoms with Gasteiger partial charge in [-0.15, -0.1) is 0 Å². The molecule has 55 heavy (non-hydrogen) atoms. The first kappa shape index (κ1) is 36.9. The van der Waals surface area contributed by atoms with E-state index >= 15 is 4.79 Å². The van der Waals surface area contributed by atoms with Crippen molar-refractivity contribution in [2.24, 2.45) is 11.3 Å². The molecule has 1 saturated carbocycles. The number of methoxy groups -OCH3 is 2. The first-order valence-corrected chi connectivity index (χ1v) is 20.2. The molecule has 3 fully saturated rings. The molecular formula is C44H56N4O7. The molecule has 9 rings (SSSR count). The first-order chi connectivity index (χ1) is 26.3. The number of aliphatic hydroxyl groups is 3. The highest BCUT2D eigenvalue weighted by atomic mass is 16.5. The Morgan fingerprint density at radius 3 is 2.51 bits per heavy atom. The van der Waals surface area contributed by atoms with Crippen molar-refractivity contribution in [3.8, 4) is 5.75 Å². The van der Waals surface area contributed by atoms with Gasteiger partial charge in [0.15, 0.2) is 11.4 Å². The van der Waals surface area contributed by atoms with Crippen molar-refractivity contribution in [1.29, 1.82) is 0 Å². The maximum absolute atomic E-state index is 15.2. The zero-order valence-corrected chi connectivity index (χ0v) is 33.0. The van der Waals surface area contributed by atoms with Gasteiger partial charge >= 0.3 is 5.97 Å². The van der Waals surface area contributed by atoms with Gasteiger partial charge in [-0.2, -0.15) is 0 Å². The smallest absolute Gasteiger partial charge is 0.322 e. The molecule has 2 unspecified atom stereocenters. The number of esters is 1. The number of aromatic amines is 1. The normalized spacial score (nSPS) is 39.0. The second-order valence-corrected chi connectivity index (χ2v) is 17.7. The van der Waals surface area contributed by atoms with Crippen LogP contribution in [0.15, 0.2) is 48.6 Å². The first-order valence-electron chi connectivity index (χ1n) is 20.2. The molecule has 1 aromatic heterocycles. The fourth-order valence-electron chi connectivity index (χ4n) is 13.2. The number of ether oxygens (including phenoxy) is 2. The Morgan fingerprint density at radius 1 is 1.02 bits per heavy atom. The van der Waals surface area contributed by atoms with Crippen LogP contribution in [0.3, 0.4) is 0 Å². The van der Waals surface area contributed by atoms with E-state index in [-0.39, 0.29) is 12.0 Å². The Bertz CT molecular complexity index is 2120. The van der Waals surface area contributed by atoms with Crippen LogP contribution in [0.4, 0.5) is 5.69 Å². The van der Waals surface area contributed by atoms with Gasteiger partial charge in [0.1, 0.15) is 17.3 Å². The second-order valence-electron chi connectivity index (χ2n) is 17.7. The Hall–Kier alpha value is -3.74. The molecule has 0 radical (unpaired) electrons. The average molecular weight is 753 g/mol. The van der Waals surface area contributed by atoms with E-state index in [2.05, 4.69) is 45.1 Å². The third kappa shape index (κ3) is 4.56. The van der Waals surface area contributed by atoms with Crippen molar-refractivity contribution in [3.63, 3.8) is 0 Å². The lowest BCUT2D eigenvalue weighted by Crippen LogP contribution is -2.80.